The van der Waals surface area contributed by atoms with E-state index in [2.05, 4.69) is 4.74 Å². The maximum absolute atomic E-state index is 12.2. The van der Waals surface area contributed by atoms with E-state index in [1.807, 2.05) is 0 Å². The quantitative estimate of drug-likeness (QED) is 0.816. The summed E-state index contributed by atoms with van der Waals surface area (Å²) in [4.78, 5) is 36.9. The molecule has 0 saturated carbocycles. The molecule has 0 amide bonds. The van der Waals surface area contributed by atoms with Gasteiger partial charge in [0.1, 0.15) is 12.4 Å². The second kappa shape index (κ2) is 7.14. The van der Waals surface area contributed by atoms with Crippen molar-refractivity contribution in [3.8, 4) is 0 Å². The van der Waals surface area contributed by atoms with E-state index in [9.17, 15) is 19.5 Å². The first kappa shape index (κ1) is 17.5. The van der Waals surface area contributed by atoms with Crippen LogP contribution in [0.1, 0.15) is 15.9 Å². The van der Waals surface area contributed by atoms with Gasteiger partial charge in [-0.3, -0.25) is 0 Å². The zero-order chi connectivity index (χ0) is 17.9. The third-order valence-corrected chi connectivity index (χ3v) is 3.66. The monoisotopic (exact) mass is 335 g/mol. The lowest BCUT2D eigenvalue weighted by molar-refractivity contribution is -0.140. The topological polar surface area (TPSA) is 102 Å². The molecule has 0 bridgehead atoms. The number of nitrogens with zero attached hydrogens (tertiary/aromatic N) is 1. The van der Waals surface area contributed by atoms with Crippen molar-refractivity contribution in [3.05, 3.63) is 40.6 Å². The van der Waals surface area contributed by atoms with Crippen molar-refractivity contribution in [2.75, 3.05) is 32.5 Å². The van der Waals surface area contributed by atoms with Gasteiger partial charge in [0.25, 0.3) is 0 Å². The zero-order valence-electron chi connectivity index (χ0n) is 13.5. The van der Waals surface area contributed by atoms with Gasteiger partial charge >= 0.3 is 17.9 Å². The number of carbonyl (C=O) groups is 3. The average Bonchev–Trinajstić information content (AvgIpc) is 2.59. The zero-order valence-corrected chi connectivity index (χ0v) is 13.5. The summed E-state index contributed by atoms with van der Waals surface area (Å²) in [5.41, 5.74) is 0.927. The fourth-order valence-electron chi connectivity index (χ4n) is 2.48. The fourth-order valence-corrected chi connectivity index (χ4v) is 2.48. The molecule has 24 heavy (non-hydrogen) atoms. The molecule has 1 aromatic carbocycles. The summed E-state index contributed by atoms with van der Waals surface area (Å²) in [7, 11) is 2.39. The Balaban J connectivity index is 2.64. The highest BCUT2D eigenvalue weighted by atomic mass is 16.5. The van der Waals surface area contributed by atoms with Crippen LogP contribution < -0.4 is 4.90 Å². The van der Waals surface area contributed by atoms with E-state index < -0.39 is 17.9 Å². The molecule has 8 nitrogen and oxygen atoms in total. The van der Waals surface area contributed by atoms with Crippen LogP contribution in [-0.2, 0) is 23.8 Å². The first-order chi connectivity index (χ1) is 11.4. The molecule has 0 aliphatic carbocycles. The molecule has 8 heteroatoms. The molecule has 0 saturated heterocycles. The molecule has 0 fully saturated rings. The number of hydrogen-bond acceptors (Lipinski definition) is 7. The maximum Gasteiger partial charge on any atom is 0.355 e. The normalized spacial score (nSPS) is 14.4. The molecule has 0 radical (unpaired) electrons. The van der Waals surface area contributed by atoms with Crippen molar-refractivity contribution in [2.45, 2.75) is 6.92 Å². The van der Waals surface area contributed by atoms with E-state index in [0.717, 1.165) is 0 Å². The largest absolute Gasteiger partial charge is 0.478 e. The van der Waals surface area contributed by atoms with Gasteiger partial charge in [0.15, 0.2) is 0 Å². The molecule has 1 aliphatic heterocycles. The first-order valence-electron chi connectivity index (χ1n) is 7.00. The number of carboxylic acid groups (broad SMARTS) is 1. The maximum atomic E-state index is 12.2. The van der Waals surface area contributed by atoms with Gasteiger partial charge < -0.3 is 24.2 Å². The Labute approximate surface area is 138 Å². The van der Waals surface area contributed by atoms with E-state index in [4.69, 9.17) is 9.47 Å². The molecule has 128 valence electrons. The highest BCUT2D eigenvalue weighted by molar-refractivity contribution is 6.04. The van der Waals surface area contributed by atoms with Gasteiger partial charge in [0.05, 0.1) is 32.0 Å². The Morgan fingerprint density at radius 1 is 1.17 bits per heavy atom. The van der Waals surface area contributed by atoms with Crippen molar-refractivity contribution in [3.63, 3.8) is 0 Å². The minimum absolute atomic E-state index is 0.00993. The van der Waals surface area contributed by atoms with Crippen LogP contribution in [0, 0.1) is 6.92 Å². The summed E-state index contributed by atoms with van der Waals surface area (Å²) >= 11 is 0. The van der Waals surface area contributed by atoms with E-state index in [-0.39, 0.29) is 30.2 Å². The van der Waals surface area contributed by atoms with Crippen LogP contribution in [0.5, 0.6) is 0 Å². The Hall–Kier alpha value is -2.87. The highest BCUT2D eigenvalue weighted by Gasteiger charge is 2.33. The van der Waals surface area contributed by atoms with Crippen molar-refractivity contribution in [1.82, 2.24) is 0 Å². The summed E-state index contributed by atoms with van der Waals surface area (Å²) in [6.07, 6.45) is 0. The molecule has 1 N–H and O–H groups in total. The minimum Gasteiger partial charge on any atom is -0.478 e. The van der Waals surface area contributed by atoms with Crippen LogP contribution >= 0.6 is 0 Å². The van der Waals surface area contributed by atoms with Gasteiger partial charge in [0, 0.05) is 5.69 Å². The molecule has 0 spiro atoms. The number of benzene rings is 1. The Kier molecular flexibility index (Phi) is 5.20. The number of carboxylic acids is 1. The van der Waals surface area contributed by atoms with E-state index in [0.29, 0.717) is 11.3 Å². The Bertz CT molecular complexity index is 723. The SMILES string of the molecule is COC(=O)C1=C(C(=O)OC)N(c2cccc(C(=O)O)c2C)COC1. The van der Waals surface area contributed by atoms with Gasteiger partial charge in [0.2, 0.25) is 0 Å². The molecule has 2 rings (SSSR count). The number of anilines is 1. The third kappa shape index (κ3) is 3.09. The molecule has 1 aromatic rings. The molecule has 0 atom stereocenters. The number of carbonyl (C=O) groups excluding carboxylic acids is 2. The van der Waals surface area contributed by atoms with Gasteiger partial charge in [-0.1, -0.05) is 6.07 Å². The van der Waals surface area contributed by atoms with Crippen LogP contribution in [0.2, 0.25) is 0 Å². The predicted molar refractivity (Wildman–Crippen MR) is 82.5 cm³/mol. The number of rotatable bonds is 4. The molecule has 1 heterocycles. The van der Waals surface area contributed by atoms with Crippen LogP contribution in [0.4, 0.5) is 5.69 Å². The lowest BCUT2D eigenvalue weighted by atomic mass is 10.0. The van der Waals surface area contributed by atoms with Gasteiger partial charge in [-0.2, -0.15) is 0 Å². The van der Waals surface area contributed by atoms with Crippen LogP contribution in [0.15, 0.2) is 29.5 Å². The van der Waals surface area contributed by atoms with Crippen molar-refractivity contribution < 1.29 is 33.7 Å². The molecule has 0 unspecified atom stereocenters. The number of aromatic carboxylic acids is 1. The van der Waals surface area contributed by atoms with Crippen molar-refractivity contribution >= 4 is 23.6 Å². The summed E-state index contributed by atoms with van der Waals surface area (Å²) in [5.74, 6) is -2.55. The fraction of sp³-hybridized carbons (Fsp3) is 0.312. The number of methoxy groups -OCH3 is 2. The second-order valence-electron chi connectivity index (χ2n) is 4.97. The minimum atomic E-state index is -1.09. The second-order valence-corrected chi connectivity index (χ2v) is 4.97. The van der Waals surface area contributed by atoms with Gasteiger partial charge in [-0.05, 0) is 24.6 Å². The van der Waals surface area contributed by atoms with Crippen LogP contribution in [0.3, 0.4) is 0 Å². The third-order valence-electron chi connectivity index (χ3n) is 3.66. The van der Waals surface area contributed by atoms with E-state index in [1.54, 1.807) is 19.1 Å². The lowest BCUT2D eigenvalue weighted by Gasteiger charge is -2.32. The predicted octanol–water partition coefficient (Wildman–Crippen LogP) is 1.09. The standard InChI is InChI=1S/C16H17NO7/c1-9-10(14(18)19)5-4-6-12(9)17-8-24-7-11(15(20)22-2)13(17)16(21)23-3/h4-6H,7-8H2,1-3H3,(H,18,19). The first-order valence-corrected chi connectivity index (χ1v) is 7.00. The lowest BCUT2D eigenvalue weighted by Crippen LogP contribution is -2.39. The number of esters is 2. The number of ether oxygens (including phenoxy) is 3. The van der Waals surface area contributed by atoms with Crippen LogP contribution in [0.25, 0.3) is 0 Å². The molecule has 0 aromatic heterocycles. The summed E-state index contributed by atoms with van der Waals surface area (Å²) in [5, 5.41) is 9.26. The van der Waals surface area contributed by atoms with Crippen molar-refractivity contribution in [2.24, 2.45) is 0 Å². The molecular weight excluding hydrogens is 318 g/mol. The highest BCUT2D eigenvalue weighted by Crippen LogP contribution is 2.30. The van der Waals surface area contributed by atoms with Crippen LogP contribution in [-0.4, -0.2) is 50.6 Å². The van der Waals surface area contributed by atoms with Gasteiger partial charge in [-0.25, -0.2) is 14.4 Å². The summed E-state index contributed by atoms with van der Waals surface area (Å²) in [6.45, 7) is 1.47. The smallest absolute Gasteiger partial charge is 0.355 e. The molecular formula is C16H17NO7. The molecule has 1 aliphatic rings. The average molecular weight is 335 g/mol. The van der Waals surface area contributed by atoms with Crippen molar-refractivity contribution in [1.29, 1.82) is 0 Å². The summed E-state index contributed by atoms with van der Waals surface area (Å²) in [6, 6.07) is 4.64. The number of hydrogen-bond donors (Lipinski definition) is 1. The van der Waals surface area contributed by atoms with Gasteiger partial charge in [-0.15, -0.1) is 0 Å². The van der Waals surface area contributed by atoms with E-state index >= 15 is 0 Å². The Morgan fingerprint density at radius 3 is 2.42 bits per heavy atom. The summed E-state index contributed by atoms with van der Waals surface area (Å²) < 4.78 is 14.8. The van der Waals surface area contributed by atoms with E-state index in [1.165, 1.54) is 25.2 Å². The Morgan fingerprint density at radius 2 is 1.83 bits per heavy atom.